The molecule has 5 heteroatoms. The van der Waals surface area contributed by atoms with Crippen molar-refractivity contribution in [1.82, 2.24) is 4.90 Å². The molecule has 1 aliphatic rings. The summed E-state index contributed by atoms with van der Waals surface area (Å²) in [6, 6.07) is 7.43. The van der Waals surface area contributed by atoms with E-state index in [1.807, 2.05) is 24.3 Å². The fourth-order valence-corrected chi connectivity index (χ4v) is 2.51. The van der Waals surface area contributed by atoms with Gasteiger partial charge in [-0.1, -0.05) is 24.3 Å². The Kier molecular flexibility index (Phi) is 4.21. The number of hydrogen-bond donors (Lipinski definition) is 1. The fourth-order valence-electron chi connectivity index (χ4n) is 2.51. The van der Waals surface area contributed by atoms with E-state index < -0.39 is 17.7 Å². The molecular formula is C16H21NO4. The normalized spacial score (nSPS) is 18.0. The van der Waals surface area contributed by atoms with Crippen molar-refractivity contribution in [3.05, 3.63) is 35.4 Å². The molecule has 1 unspecified atom stereocenters. The van der Waals surface area contributed by atoms with Gasteiger partial charge in [-0.2, -0.15) is 0 Å². The lowest BCUT2D eigenvalue weighted by Crippen LogP contribution is -2.47. The van der Waals surface area contributed by atoms with Crippen molar-refractivity contribution in [3.8, 4) is 0 Å². The largest absolute Gasteiger partial charge is 0.481 e. The molecule has 0 fully saturated rings. The summed E-state index contributed by atoms with van der Waals surface area (Å²) in [5.41, 5.74) is 1.55. The van der Waals surface area contributed by atoms with Crippen LogP contribution < -0.4 is 0 Å². The highest BCUT2D eigenvalue weighted by molar-refractivity contribution is 5.72. The third-order valence-corrected chi connectivity index (χ3v) is 3.39. The maximum Gasteiger partial charge on any atom is 0.410 e. The molecule has 0 aromatic heterocycles. The van der Waals surface area contributed by atoms with Crippen LogP contribution in [0.4, 0.5) is 4.79 Å². The van der Waals surface area contributed by atoms with Gasteiger partial charge in [-0.25, -0.2) is 4.79 Å². The molecule has 2 rings (SSSR count). The van der Waals surface area contributed by atoms with Gasteiger partial charge in [0.2, 0.25) is 0 Å². The van der Waals surface area contributed by atoms with Gasteiger partial charge in [-0.15, -0.1) is 0 Å². The van der Waals surface area contributed by atoms with Crippen molar-refractivity contribution in [3.63, 3.8) is 0 Å². The van der Waals surface area contributed by atoms with Crippen LogP contribution in [-0.4, -0.2) is 33.7 Å². The lowest BCUT2D eigenvalue weighted by molar-refractivity contribution is -0.138. The maximum absolute atomic E-state index is 12.3. The van der Waals surface area contributed by atoms with E-state index in [1.165, 1.54) is 4.90 Å². The van der Waals surface area contributed by atoms with Gasteiger partial charge in [0.05, 0.1) is 6.42 Å². The Morgan fingerprint density at radius 3 is 2.48 bits per heavy atom. The van der Waals surface area contributed by atoms with E-state index in [-0.39, 0.29) is 12.5 Å². The van der Waals surface area contributed by atoms with Crippen molar-refractivity contribution >= 4 is 12.1 Å². The minimum absolute atomic E-state index is 0.0758. The molecule has 0 aliphatic carbocycles. The molecular weight excluding hydrogens is 270 g/mol. The first-order chi connectivity index (χ1) is 9.76. The molecule has 1 amide bonds. The van der Waals surface area contributed by atoms with Gasteiger partial charge in [-0.3, -0.25) is 9.69 Å². The van der Waals surface area contributed by atoms with Crippen LogP contribution in [0.2, 0.25) is 0 Å². The van der Waals surface area contributed by atoms with Crippen LogP contribution in [0.15, 0.2) is 24.3 Å². The Labute approximate surface area is 124 Å². The number of carbonyl (C=O) groups excluding carboxylic acids is 1. The minimum atomic E-state index is -0.909. The SMILES string of the molecule is CC(C)(C)OC(=O)N1Cc2ccccc2CC1CC(=O)O. The number of ether oxygens (including phenoxy) is 1. The van der Waals surface area contributed by atoms with E-state index in [2.05, 4.69) is 0 Å². The minimum Gasteiger partial charge on any atom is -0.481 e. The molecule has 0 saturated heterocycles. The second-order valence-corrected chi connectivity index (χ2v) is 6.33. The molecule has 0 radical (unpaired) electrons. The maximum atomic E-state index is 12.3. The fraction of sp³-hybridized carbons (Fsp3) is 0.500. The number of hydrogen-bond acceptors (Lipinski definition) is 3. The van der Waals surface area contributed by atoms with E-state index in [1.54, 1.807) is 20.8 Å². The molecule has 1 aromatic carbocycles. The smallest absolute Gasteiger partial charge is 0.410 e. The van der Waals surface area contributed by atoms with Crippen molar-refractivity contribution in [1.29, 1.82) is 0 Å². The second-order valence-electron chi connectivity index (χ2n) is 6.33. The molecule has 1 atom stereocenters. The first-order valence-electron chi connectivity index (χ1n) is 7.04. The Bertz CT molecular complexity index is 547. The Hall–Kier alpha value is -2.04. The summed E-state index contributed by atoms with van der Waals surface area (Å²) < 4.78 is 5.40. The molecule has 1 aliphatic heterocycles. The Morgan fingerprint density at radius 2 is 1.90 bits per heavy atom. The van der Waals surface area contributed by atoms with Crippen molar-refractivity contribution in [2.75, 3.05) is 0 Å². The van der Waals surface area contributed by atoms with E-state index >= 15 is 0 Å². The zero-order chi connectivity index (χ0) is 15.6. The van der Waals surface area contributed by atoms with Crippen molar-refractivity contribution in [2.24, 2.45) is 0 Å². The first kappa shape index (κ1) is 15.4. The van der Waals surface area contributed by atoms with Gasteiger partial charge in [-0.05, 0) is 38.3 Å². The Balaban J connectivity index is 2.24. The molecule has 5 nitrogen and oxygen atoms in total. The quantitative estimate of drug-likeness (QED) is 0.910. The van der Waals surface area contributed by atoms with Gasteiger partial charge >= 0.3 is 12.1 Å². The third kappa shape index (κ3) is 3.97. The van der Waals surface area contributed by atoms with Crippen LogP contribution in [0.25, 0.3) is 0 Å². The standard InChI is InChI=1S/C16H21NO4/c1-16(2,3)21-15(20)17-10-12-7-5-4-6-11(12)8-13(17)9-14(18)19/h4-7,13H,8-10H2,1-3H3,(H,18,19). The predicted molar refractivity (Wildman–Crippen MR) is 78.0 cm³/mol. The van der Waals surface area contributed by atoms with Crippen LogP contribution >= 0.6 is 0 Å². The molecule has 0 saturated carbocycles. The highest BCUT2D eigenvalue weighted by Gasteiger charge is 2.33. The summed E-state index contributed by atoms with van der Waals surface area (Å²) >= 11 is 0. The lowest BCUT2D eigenvalue weighted by atomic mass is 9.92. The number of carboxylic acid groups (broad SMARTS) is 1. The number of carboxylic acids is 1. The summed E-state index contributed by atoms with van der Waals surface area (Å²) in [7, 11) is 0. The first-order valence-corrected chi connectivity index (χ1v) is 7.04. The average molecular weight is 291 g/mol. The summed E-state index contributed by atoms with van der Waals surface area (Å²) in [5, 5.41) is 9.07. The highest BCUT2D eigenvalue weighted by atomic mass is 16.6. The molecule has 114 valence electrons. The number of amides is 1. The van der Waals surface area contributed by atoms with Crippen LogP contribution in [-0.2, 0) is 22.5 Å². The van der Waals surface area contributed by atoms with E-state index in [0.717, 1.165) is 11.1 Å². The summed E-state index contributed by atoms with van der Waals surface area (Å²) in [6.45, 7) is 5.79. The van der Waals surface area contributed by atoms with Crippen molar-refractivity contribution in [2.45, 2.75) is 51.8 Å². The van der Waals surface area contributed by atoms with Crippen LogP contribution in [0, 0.1) is 0 Å². The number of benzene rings is 1. The summed E-state index contributed by atoms with van der Waals surface area (Å²) in [5.74, 6) is -0.909. The molecule has 1 aromatic rings. The van der Waals surface area contributed by atoms with E-state index in [4.69, 9.17) is 9.84 Å². The van der Waals surface area contributed by atoms with E-state index in [9.17, 15) is 9.59 Å². The molecule has 0 bridgehead atoms. The Morgan fingerprint density at radius 1 is 1.29 bits per heavy atom. The third-order valence-electron chi connectivity index (χ3n) is 3.39. The van der Waals surface area contributed by atoms with Crippen LogP contribution in [0.3, 0.4) is 0 Å². The molecule has 21 heavy (non-hydrogen) atoms. The zero-order valence-electron chi connectivity index (χ0n) is 12.6. The predicted octanol–water partition coefficient (Wildman–Crippen LogP) is 2.82. The second kappa shape index (κ2) is 5.76. The number of rotatable bonds is 2. The number of fused-ring (bicyclic) bond motifs is 1. The van der Waals surface area contributed by atoms with Gasteiger partial charge < -0.3 is 9.84 Å². The van der Waals surface area contributed by atoms with Gasteiger partial charge in [0.1, 0.15) is 5.60 Å². The van der Waals surface area contributed by atoms with E-state index in [0.29, 0.717) is 13.0 Å². The van der Waals surface area contributed by atoms with Crippen LogP contribution in [0.5, 0.6) is 0 Å². The highest BCUT2D eigenvalue weighted by Crippen LogP contribution is 2.26. The number of aliphatic carboxylic acids is 1. The van der Waals surface area contributed by atoms with Crippen molar-refractivity contribution < 1.29 is 19.4 Å². The van der Waals surface area contributed by atoms with Gasteiger partial charge in [0.25, 0.3) is 0 Å². The monoisotopic (exact) mass is 291 g/mol. The topological polar surface area (TPSA) is 66.8 Å². The number of nitrogens with zero attached hydrogens (tertiary/aromatic N) is 1. The average Bonchev–Trinajstić information content (AvgIpc) is 2.35. The summed E-state index contributed by atoms with van der Waals surface area (Å²) in [6.07, 6.45) is 0.0122. The van der Waals surface area contributed by atoms with Gasteiger partial charge in [0, 0.05) is 12.6 Å². The molecule has 1 heterocycles. The molecule has 0 spiro atoms. The van der Waals surface area contributed by atoms with Crippen LogP contribution in [0.1, 0.15) is 38.3 Å². The lowest BCUT2D eigenvalue weighted by Gasteiger charge is -2.37. The van der Waals surface area contributed by atoms with Gasteiger partial charge in [0.15, 0.2) is 0 Å². The molecule has 1 N–H and O–H groups in total. The summed E-state index contributed by atoms with van der Waals surface area (Å²) in [4.78, 5) is 24.9. The number of carbonyl (C=O) groups is 2. The zero-order valence-corrected chi connectivity index (χ0v) is 12.6.